The van der Waals surface area contributed by atoms with Crippen LogP contribution in [0.5, 0.6) is 0 Å². The summed E-state index contributed by atoms with van der Waals surface area (Å²) in [7, 11) is 3.82. The molecule has 0 saturated carbocycles. The summed E-state index contributed by atoms with van der Waals surface area (Å²) in [6.07, 6.45) is 28.6. The highest BCUT2D eigenvalue weighted by molar-refractivity contribution is 5.84. The van der Waals surface area contributed by atoms with E-state index in [-0.39, 0.29) is 118 Å². The van der Waals surface area contributed by atoms with E-state index >= 15 is 0 Å². The van der Waals surface area contributed by atoms with Crippen molar-refractivity contribution >= 4 is 166 Å². The number of H-pyrrole nitrogens is 7. The number of aromatic nitrogens is 38. The SMILES string of the molecule is C.C.C.C.C.C.C.C.C.C[N+]1=CCc2c(N)ncnc21.Cc1nc2ncnc(N)c2[nH]1.Cn1cnc2c(N)ncnc21.N=c1c2[nH]cnc2ncn1O.N=c1c2c(ncn1O)N=CC2.N=c1ncn(O)c2c1CC=N2.N=c1ncn(O)c2nc[nH]c12.Nc1[nH]c(=O)nc2nc[nH]c12.Nc1nc2nc[nH]c2c(=O)[nH]1.Nc1ncnc2ncn(O)c12.Nc1ncnc2ncn(O)c12. The van der Waals surface area contributed by atoms with Gasteiger partial charge in [-0.2, -0.15) is 43.3 Å². The fourth-order valence-electron chi connectivity index (χ4n) is 10.4. The summed E-state index contributed by atoms with van der Waals surface area (Å²) in [5.41, 5.74) is 47.5. The van der Waals surface area contributed by atoms with Gasteiger partial charge in [-0.15, -0.1) is 0 Å². The Balaban J connectivity index is 0.000000366. The third-order valence-electron chi connectivity index (χ3n) is 16.1. The average Bonchev–Trinajstić information content (AvgIpc) is 1.65. The normalized spacial score (nSPS) is 10.7. The second-order valence-electron chi connectivity index (χ2n) is 23.9. The first kappa shape index (κ1) is 105. The van der Waals surface area contributed by atoms with Crippen molar-refractivity contribution in [2.45, 2.75) is 93.0 Å². The number of nitrogens with zero attached hydrogens (tertiary/aromatic N) is 34. The van der Waals surface area contributed by atoms with Gasteiger partial charge in [0.05, 0.1) is 50.5 Å². The van der Waals surface area contributed by atoms with Crippen LogP contribution in [0.2, 0.25) is 0 Å². The summed E-state index contributed by atoms with van der Waals surface area (Å²) in [5.74, 6) is 4.92. The Morgan fingerprint density at radius 2 is 0.885 bits per heavy atom. The molecule has 0 unspecified atom stereocenters. The number of anilines is 7. The first-order chi connectivity index (χ1) is 58.1. The molecule has 0 aliphatic carbocycles. The molecule has 0 fully saturated rings. The quantitative estimate of drug-likeness (QED) is 0.0765. The van der Waals surface area contributed by atoms with Crippen molar-refractivity contribution < 1.29 is 35.8 Å². The number of fused-ring (bicyclic) bond motifs is 11. The van der Waals surface area contributed by atoms with Crippen LogP contribution in [0.4, 0.5) is 58.3 Å². The molecule has 0 atom stereocenters. The molecule has 0 bridgehead atoms. The second kappa shape index (κ2) is 46.2. The van der Waals surface area contributed by atoms with E-state index in [1.54, 1.807) is 23.3 Å². The van der Waals surface area contributed by atoms with Crippen LogP contribution >= 0.6 is 0 Å². The molecule has 0 radical (unpaired) electrons. The lowest BCUT2D eigenvalue weighted by Crippen LogP contribution is -2.21. The van der Waals surface area contributed by atoms with E-state index in [2.05, 4.69) is 164 Å². The molecule has 0 aromatic carbocycles. The summed E-state index contributed by atoms with van der Waals surface area (Å²) >= 11 is 0. The summed E-state index contributed by atoms with van der Waals surface area (Å²) in [6.45, 7) is 1.85. The van der Waals surface area contributed by atoms with Gasteiger partial charge in [-0.05, 0) is 11.9 Å². The van der Waals surface area contributed by atoms with Gasteiger partial charge in [-0.25, -0.2) is 119 Å². The van der Waals surface area contributed by atoms with Crippen molar-refractivity contribution in [3.63, 3.8) is 0 Å². The third-order valence-corrected chi connectivity index (χ3v) is 16.1. The molecule has 19 aromatic heterocycles. The van der Waals surface area contributed by atoms with E-state index in [1.807, 2.05) is 31.8 Å². The maximum Gasteiger partial charge on any atom is 0.348 e. The first-order valence-electron chi connectivity index (χ1n) is 33.7. The maximum atomic E-state index is 11.0. The number of nitrogens with one attached hydrogen (secondary N) is 11. The molecular weight excluding hydrogens is 1700 g/mol. The Morgan fingerprint density at radius 1 is 0.392 bits per heavy atom. The number of nitrogens with two attached hydrogens (primary N) is 7. The maximum absolute atomic E-state index is 11.0. The zero-order valence-electron chi connectivity index (χ0n) is 62.3. The van der Waals surface area contributed by atoms with Crippen molar-refractivity contribution in [1.82, 2.24) is 187 Å². The summed E-state index contributed by atoms with van der Waals surface area (Å²) < 4.78 is 8.27. The highest BCUT2D eigenvalue weighted by atomic mass is 16.5. The van der Waals surface area contributed by atoms with Crippen LogP contribution in [-0.4, -0.2) is 249 Å². The fraction of sp³-hybridized carbons (Fsp3) is 0.214. The lowest BCUT2D eigenvalue weighted by atomic mass is 10.2. The molecule has 22 rings (SSSR count). The number of nitrogen functional groups attached to an aromatic ring is 7. The van der Waals surface area contributed by atoms with Crippen molar-refractivity contribution in [3.05, 3.63) is 167 Å². The predicted molar refractivity (Wildman–Crippen MR) is 480 cm³/mol. The Labute approximate surface area is 732 Å². The highest BCUT2D eigenvalue weighted by Gasteiger charge is 2.23. The van der Waals surface area contributed by atoms with Crippen LogP contribution in [0.3, 0.4) is 0 Å². The summed E-state index contributed by atoms with van der Waals surface area (Å²) in [6, 6.07) is 0. The van der Waals surface area contributed by atoms with Crippen molar-refractivity contribution in [2.24, 2.45) is 17.0 Å². The molecule has 3 aliphatic heterocycles. The van der Waals surface area contributed by atoms with Crippen LogP contribution < -0.4 is 73.3 Å². The van der Waals surface area contributed by atoms with Gasteiger partial charge in [-0.1, -0.05) is 66.8 Å². The number of imidazole rings is 8. The number of aryl methyl sites for hydroxylation is 2. The molecule has 688 valence electrons. The molecule has 0 amide bonds. The first-order valence-corrected chi connectivity index (χ1v) is 33.7. The minimum atomic E-state index is -0.484. The van der Waals surface area contributed by atoms with Gasteiger partial charge in [0.2, 0.25) is 12.3 Å². The molecule has 19 aromatic rings. The van der Waals surface area contributed by atoms with E-state index < -0.39 is 5.69 Å². The molecule has 31 N–H and O–H groups in total. The molecular formula is C70H101N52O8+. The van der Waals surface area contributed by atoms with Crippen LogP contribution in [0, 0.1) is 28.6 Å². The molecule has 130 heavy (non-hydrogen) atoms. The van der Waals surface area contributed by atoms with Crippen molar-refractivity contribution in [2.75, 3.05) is 47.2 Å². The number of hydrogen-bond donors (Lipinski definition) is 24. The van der Waals surface area contributed by atoms with E-state index in [1.165, 1.54) is 82.3 Å². The minimum Gasteiger partial charge on any atom is -0.427 e. The van der Waals surface area contributed by atoms with Crippen LogP contribution in [0.1, 0.15) is 89.4 Å². The van der Waals surface area contributed by atoms with E-state index in [0.29, 0.717) is 146 Å². The summed E-state index contributed by atoms with van der Waals surface area (Å²) in [4.78, 5) is 139. The zero-order valence-corrected chi connectivity index (χ0v) is 62.3. The Kier molecular flexibility index (Phi) is 37.3. The minimum absolute atomic E-state index is 0. The third kappa shape index (κ3) is 23.8. The van der Waals surface area contributed by atoms with Gasteiger partial charge >= 0.3 is 11.5 Å². The Morgan fingerprint density at radius 3 is 1.50 bits per heavy atom. The Hall–Kier alpha value is -19.1. The average molecular weight is 1800 g/mol. The fourth-order valence-corrected chi connectivity index (χ4v) is 10.4. The van der Waals surface area contributed by atoms with Crippen molar-refractivity contribution in [1.29, 1.82) is 21.6 Å². The number of aromatic amines is 7. The molecule has 60 nitrogen and oxygen atoms in total. The topological polar surface area (TPSA) is 915 Å². The summed E-state index contributed by atoms with van der Waals surface area (Å²) in [5, 5.41) is 83.6. The van der Waals surface area contributed by atoms with Gasteiger partial charge < -0.3 is 101 Å². The molecule has 3 aliphatic rings. The second-order valence-corrected chi connectivity index (χ2v) is 23.9. The number of rotatable bonds is 0. The van der Waals surface area contributed by atoms with Crippen molar-refractivity contribution in [3.8, 4) is 0 Å². The largest absolute Gasteiger partial charge is 0.427 e. The number of aliphatic imine (C=N–C) groups is 2. The van der Waals surface area contributed by atoms with Crippen LogP contribution in [-0.2, 0) is 26.3 Å². The molecule has 0 spiro atoms. The van der Waals surface area contributed by atoms with E-state index in [0.717, 1.165) is 60.8 Å². The van der Waals surface area contributed by atoms with E-state index in [4.69, 9.17) is 93.0 Å². The molecule has 22 heterocycles. The smallest absolute Gasteiger partial charge is 0.348 e. The standard InChI is InChI=1S/C7H9N4.2C6H7N5.2C6H6N4O.6C5H5N5O.9CH4/c1-11-3-2-5-6(8)9-4-10-7(5)11;1-11-3-10-4-5(7)8-2-9-6(4)11;1-3-10-4-5(7)8-2-9-6(4)11-3;7-5-4-1-2-8-6(4)9-3-10(5)11;7-5-4-1-2-8-6(4)10(11)3-9-5;2*6-4-3-5(8-1-7-4)9-2-10(3)11;6-4-3-5(8-1-7-3)9-2-10(4)11;6-4-3-5(8-1-7-3)10(11)2-9-4;6-5-9-3-2(4(11)10-5)7-1-8-3;6-3-2-4(8-1-7-2)10-5(11)9-3;;;;;;;;;/h3-4H,2H2,1H3,(H2,8,9,10);2-3H,1H3,(H2,7,8,9);2H,1H3,(H3,7,8,9,10,11);2*2-3,7,11H,1H2;2*1-2,11H,(H2,6,7,8);2*1-2,6,11H,(H,7,8);2*1H,(H4,6,7,8,9,10,11);9*1H4/q+1;;;;;;;;;;;;;;;;;;;. The molecule has 0 saturated heterocycles. The lowest BCUT2D eigenvalue weighted by Gasteiger charge is -2.00. The monoisotopic (exact) mass is 1800 g/mol. The van der Waals surface area contributed by atoms with Crippen LogP contribution in [0.15, 0.2) is 121 Å². The van der Waals surface area contributed by atoms with Gasteiger partial charge in [0, 0.05) is 49.9 Å². The van der Waals surface area contributed by atoms with Gasteiger partial charge in [0.15, 0.2) is 119 Å². The van der Waals surface area contributed by atoms with Crippen LogP contribution in [0.25, 0.3) is 89.3 Å². The zero-order chi connectivity index (χ0) is 86.3. The lowest BCUT2D eigenvalue weighted by molar-refractivity contribution is -0.400. The highest BCUT2D eigenvalue weighted by Crippen LogP contribution is 2.24. The molecule has 60 heteroatoms. The Bertz CT molecular complexity index is 7360. The number of hydrogen-bond acceptors (Lipinski definition) is 45. The predicted octanol–water partition coefficient (Wildman–Crippen LogP) is 2.29. The van der Waals surface area contributed by atoms with Gasteiger partial charge in [0.1, 0.15) is 108 Å². The van der Waals surface area contributed by atoms with Gasteiger partial charge in [0.25, 0.3) is 5.56 Å². The van der Waals surface area contributed by atoms with E-state index in [9.17, 15) is 9.59 Å². The van der Waals surface area contributed by atoms with Gasteiger partial charge in [-0.3, -0.25) is 36.4 Å².